The van der Waals surface area contributed by atoms with E-state index in [2.05, 4.69) is 0 Å². The minimum Gasteiger partial charge on any atom is -0.494 e. The van der Waals surface area contributed by atoms with Crippen LogP contribution in [-0.4, -0.2) is 29.3 Å². The van der Waals surface area contributed by atoms with Gasteiger partial charge in [0.2, 0.25) is 0 Å². The molecule has 0 amide bonds. The van der Waals surface area contributed by atoms with Crippen LogP contribution in [0.3, 0.4) is 0 Å². The van der Waals surface area contributed by atoms with E-state index in [-0.39, 0.29) is 18.1 Å². The van der Waals surface area contributed by atoms with E-state index < -0.39 is 18.0 Å². The zero-order chi connectivity index (χ0) is 12.1. The van der Waals surface area contributed by atoms with Gasteiger partial charge in [-0.2, -0.15) is 0 Å². The van der Waals surface area contributed by atoms with Crippen molar-refractivity contribution in [1.29, 1.82) is 0 Å². The van der Waals surface area contributed by atoms with E-state index in [1.54, 1.807) is 0 Å². The van der Waals surface area contributed by atoms with Gasteiger partial charge < -0.3 is 14.9 Å². The zero-order valence-electron chi connectivity index (χ0n) is 8.86. The monoisotopic (exact) mass is 248 g/mol. The molecular weight excluding hydrogens is 235 g/mol. The minimum atomic E-state index is -1.14. The average molecular weight is 249 g/mol. The largest absolute Gasteiger partial charge is 0.494 e. The van der Waals surface area contributed by atoms with Gasteiger partial charge in [0.1, 0.15) is 6.10 Å². The Bertz CT molecular complexity index is 346. The van der Waals surface area contributed by atoms with E-state index in [4.69, 9.17) is 16.3 Å². The van der Waals surface area contributed by atoms with E-state index >= 15 is 0 Å². The second kappa shape index (κ2) is 6.03. The van der Waals surface area contributed by atoms with Crippen LogP contribution < -0.4 is 4.74 Å². The van der Waals surface area contributed by atoms with Crippen LogP contribution >= 0.6 is 11.6 Å². The fourth-order valence-corrected chi connectivity index (χ4v) is 1.58. The summed E-state index contributed by atoms with van der Waals surface area (Å²) in [5, 5.41) is 19.2. The third-order valence-corrected chi connectivity index (χ3v) is 2.50. The van der Waals surface area contributed by atoms with Gasteiger partial charge in [0.15, 0.2) is 11.6 Å². The number of methoxy groups -OCH3 is 1. The maximum absolute atomic E-state index is 13.3. The average Bonchev–Trinajstić information content (AvgIpc) is 2.28. The highest BCUT2D eigenvalue weighted by molar-refractivity contribution is 6.17. The lowest BCUT2D eigenvalue weighted by atomic mass is 10.0. The van der Waals surface area contributed by atoms with E-state index in [9.17, 15) is 14.6 Å². The molecule has 5 heteroatoms. The molecule has 2 atom stereocenters. The number of aliphatic hydroxyl groups is 2. The smallest absolute Gasteiger partial charge is 0.165 e. The van der Waals surface area contributed by atoms with E-state index in [1.807, 2.05) is 0 Å². The summed E-state index contributed by atoms with van der Waals surface area (Å²) in [5.74, 6) is -0.239. The molecular formula is C11H14ClFO3. The summed E-state index contributed by atoms with van der Waals surface area (Å²) in [4.78, 5) is 0. The molecule has 0 saturated carbocycles. The van der Waals surface area contributed by atoms with Crippen molar-refractivity contribution in [3.8, 4) is 5.75 Å². The third kappa shape index (κ3) is 3.07. The second-order valence-electron chi connectivity index (χ2n) is 3.38. The Morgan fingerprint density at radius 3 is 2.62 bits per heavy atom. The maximum atomic E-state index is 13.3. The maximum Gasteiger partial charge on any atom is 0.165 e. The van der Waals surface area contributed by atoms with Crippen LogP contribution in [0.4, 0.5) is 4.39 Å². The number of ether oxygens (including phenoxy) is 1. The first kappa shape index (κ1) is 13.2. The predicted molar refractivity (Wildman–Crippen MR) is 59.3 cm³/mol. The van der Waals surface area contributed by atoms with Crippen molar-refractivity contribution >= 4 is 11.6 Å². The Labute approximate surface area is 98.4 Å². The Morgan fingerprint density at radius 1 is 1.44 bits per heavy atom. The zero-order valence-corrected chi connectivity index (χ0v) is 9.62. The molecule has 0 aliphatic heterocycles. The molecule has 1 aromatic carbocycles. The van der Waals surface area contributed by atoms with Gasteiger partial charge in [-0.1, -0.05) is 6.07 Å². The SMILES string of the molecule is COc1ccc(C(O)C(O)CCCl)cc1F. The normalized spacial score (nSPS) is 14.6. The van der Waals surface area contributed by atoms with Crippen molar-refractivity contribution in [3.63, 3.8) is 0 Å². The molecule has 16 heavy (non-hydrogen) atoms. The summed E-state index contributed by atoms with van der Waals surface area (Å²) in [6, 6.07) is 4.05. The molecule has 90 valence electrons. The van der Waals surface area contributed by atoms with E-state index in [0.717, 1.165) is 6.07 Å². The molecule has 2 unspecified atom stereocenters. The number of alkyl halides is 1. The highest BCUT2D eigenvalue weighted by atomic mass is 35.5. The van der Waals surface area contributed by atoms with E-state index in [0.29, 0.717) is 5.56 Å². The number of hydrogen-bond donors (Lipinski definition) is 2. The van der Waals surface area contributed by atoms with Gasteiger partial charge in [0.25, 0.3) is 0 Å². The molecule has 0 fully saturated rings. The first-order chi connectivity index (χ1) is 7.60. The van der Waals surface area contributed by atoms with Gasteiger partial charge >= 0.3 is 0 Å². The first-order valence-electron chi connectivity index (χ1n) is 4.85. The Hall–Kier alpha value is -0.840. The Balaban J connectivity index is 2.84. The molecule has 0 aliphatic rings. The number of halogens is 2. The Kier molecular flexibility index (Phi) is 4.99. The summed E-state index contributed by atoms with van der Waals surface area (Å²) < 4.78 is 18.1. The van der Waals surface area contributed by atoms with E-state index in [1.165, 1.54) is 19.2 Å². The lowest BCUT2D eigenvalue weighted by Gasteiger charge is -2.17. The van der Waals surface area contributed by atoms with Crippen molar-refractivity contribution < 1.29 is 19.3 Å². The van der Waals surface area contributed by atoms with Crippen LogP contribution in [0.15, 0.2) is 18.2 Å². The molecule has 0 spiro atoms. The van der Waals surface area contributed by atoms with Gasteiger partial charge in [-0.15, -0.1) is 11.6 Å². The molecule has 0 aromatic heterocycles. The van der Waals surface area contributed by atoms with Gasteiger partial charge in [0, 0.05) is 5.88 Å². The van der Waals surface area contributed by atoms with Crippen LogP contribution in [-0.2, 0) is 0 Å². The van der Waals surface area contributed by atoms with Gasteiger partial charge in [0.05, 0.1) is 13.2 Å². The van der Waals surface area contributed by atoms with Crippen LogP contribution in [0.1, 0.15) is 18.1 Å². The summed E-state index contributed by atoms with van der Waals surface area (Å²) in [6.45, 7) is 0. The quantitative estimate of drug-likeness (QED) is 0.782. The lowest BCUT2D eigenvalue weighted by molar-refractivity contribution is 0.0168. The second-order valence-corrected chi connectivity index (χ2v) is 3.76. The van der Waals surface area contributed by atoms with Gasteiger partial charge in [-0.3, -0.25) is 0 Å². The molecule has 0 radical (unpaired) electrons. The molecule has 2 N–H and O–H groups in total. The number of rotatable bonds is 5. The Morgan fingerprint density at radius 2 is 2.12 bits per heavy atom. The lowest BCUT2D eigenvalue weighted by Crippen LogP contribution is -2.18. The topological polar surface area (TPSA) is 49.7 Å². The van der Waals surface area contributed by atoms with Crippen molar-refractivity contribution in [1.82, 2.24) is 0 Å². The highest BCUT2D eigenvalue weighted by Gasteiger charge is 2.19. The minimum absolute atomic E-state index is 0.0998. The van der Waals surface area contributed by atoms with Crippen molar-refractivity contribution in [3.05, 3.63) is 29.6 Å². The molecule has 0 bridgehead atoms. The molecule has 0 aliphatic carbocycles. The summed E-state index contributed by atoms with van der Waals surface area (Å²) in [6.07, 6.45) is -1.89. The molecule has 0 heterocycles. The fraction of sp³-hybridized carbons (Fsp3) is 0.455. The third-order valence-electron chi connectivity index (χ3n) is 2.29. The van der Waals surface area contributed by atoms with Crippen LogP contribution in [0.25, 0.3) is 0 Å². The molecule has 0 saturated heterocycles. The van der Waals surface area contributed by atoms with Crippen molar-refractivity contribution in [2.24, 2.45) is 0 Å². The predicted octanol–water partition coefficient (Wildman–Crippen LogP) is 1.86. The molecule has 1 aromatic rings. The van der Waals surface area contributed by atoms with Gasteiger partial charge in [-0.25, -0.2) is 4.39 Å². The van der Waals surface area contributed by atoms with Crippen LogP contribution in [0.5, 0.6) is 5.75 Å². The van der Waals surface area contributed by atoms with Crippen molar-refractivity contribution in [2.75, 3.05) is 13.0 Å². The van der Waals surface area contributed by atoms with Crippen LogP contribution in [0, 0.1) is 5.82 Å². The number of hydrogen-bond acceptors (Lipinski definition) is 3. The first-order valence-corrected chi connectivity index (χ1v) is 5.39. The van der Waals surface area contributed by atoms with Crippen LogP contribution in [0.2, 0.25) is 0 Å². The summed E-state index contributed by atoms with van der Waals surface area (Å²) >= 11 is 5.44. The van der Waals surface area contributed by atoms with Gasteiger partial charge in [-0.05, 0) is 24.1 Å². The number of aliphatic hydroxyl groups excluding tert-OH is 2. The molecule has 3 nitrogen and oxygen atoms in total. The standard InChI is InChI=1S/C11H14ClFO3/c1-16-10-3-2-7(6-8(10)13)11(15)9(14)4-5-12/h2-3,6,9,11,14-15H,4-5H2,1H3. The number of benzene rings is 1. The summed E-state index contributed by atoms with van der Waals surface area (Å²) in [5.41, 5.74) is 0.302. The van der Waals surface area contributed by atoms with Crippen molar-refractivity contribution in [2.45, 2.75) is 18.6 Å². The highest BCUT2D eigenvalue weighted by Crippen LogP contribution is 2.24. The fourth-order valence-electron chi connectivity index (χ4n) is 1.36. The summed E-state index contributed by atoms with van der Waals surface area (Å²) in [7, 11) is 1.36. The molecule has 1 rings (SSSR count).